The predicted octanol–water partition coefficient (Wildman–Crippen LogP) is 1.48. The molecule has 0 fully saturated rings. The fourth-order valence-electron chi connectivity index (χ4n) is 1.58. The van der Waals surface area contributed by atoms with Crippen molar-refractivity contribution in [3.63, 3.8) is 0 Å². The quantitative estimate of drug-likeness (QED) is 0.860. The van der Waals surface area contributed by atoms with E-state index < -0.39 is 0 Å². The van der Waals surface area contributed by atoms with Gasteiger partial charge in [-0.1, -0.05) is 6.07 Å². The number of hydrogen-bond donors (Lipinski definition) is 1. The second-order valence-corrected chi connectivity index (χ2v) is 3.61. The third-order valence-electron chi connectivity index (χ3n) is 2.44. The normalized spacial score (nSPS) is 10.2. The second kappa shape index (κ2) is 5.25. The molecule has 2 rings (SSSR count). The minimum Gasteiger partial charge on any atom is -0.368 e. The number of nitrogens with two attached hydrogens (primary N) is 1. The highest BCUT2D eigenvalue weighted by molar-refractivity contribution is 5.41. The lowest BCUT2D eigenvalue weighted by Gasteiger charge is -2.21. The molecule has 0 saturated heterocycles. The Bertz CT molecular complexity index is 471. The molecule has 0 aliphatic rings. The molecule has 0 aliphatic heterocycles. The van der Waals surface area contributed by atoms with E-state index in [9.17, 15) is 0 Å². The third-order valence-corrected chi connectivity index (χ3v) is 2.44. The van der Waals surface area contributed by atoms with E-state index in [4.69, 9.17) is 5.73 Å². The zero-order valence-electron chi connectivity index (χ0n) is 9.74. The highest BCUT2D eigenvalue weighted by Gasteiger charge is 2.07. The fraction of sp³-hybridized carbons (Fsp3) is 0.250. The Labute approximate surface area is 100 Å². The van der Waals surface area contributed by atoms with Gasteiger partial charge in [0.05, 0.1) is 12.2 Å². The molecule has 0 aromatic carbocycles. The van der Waals surface area contributed by atoms with Crippen LogP contribution in [0.4, 0.5) is 11.8 Å². The molecule has 88 valence electrons. The first-order valence-corrected chi connectivity index (χ1v) is 5.53. The smallest absolute Gasteiger partial charge is 0.221 e. The Balaban J connectivity index is 2.17. The zero-order chi connectivity index (χ0) is 12.1. The molecule has 2 heterocycles. The van der Waals surface area contributed by atoms with Gasteiger partial charge in [0.25, 0.3) is 0 Å². The summed E-state index contributed by atoms with van der Waals surface area (Å²) in [5.41, 5.74) is 6.59. The van der Waals surface area contributed by atoms with Crippen molar-refractivity contribution in [2.45, 2.75) is 13.5 Å². The van der Waals surface area contributed by atoms with Crippen molar-refractivity contribution in [2.24, 2.45) is 0 Å². The molecular formula is C12H15N5. The van der Waals surface area contributed by atoms with Crippen molar-refractivity contribution in [2.75, 3.05) is 17.2 Å². The monoisotopic (exact) mass is 229 g/mol. The first kappa shape index (κ1) is 11.3. The number of nitrogens with zero attached hydrogens (tertiary/aromatic N) is 4. The fourth-order valence-corrected chi connectivity index (χ4v) is 1.58. The zero-order valence-corrected chi connectivity index (χ0v) is 9.74. The first-order valence-electron chi connectivity index (χ1n) is 5.53. The number of anilines is 2. The average Bonchev–Trinajstić information content (AvgIpc) is 2.37. The number of pyridine rings is 1. The minimum absolute atomic E-state index is 0.293. The third kappa shape index (κ3) is 2.90. The molecule has 2 aromatic heterocycles. The molecule has 0 aliphatic carbocycles. The number of hydrogen-bond acceptors (Lipinski definition) is 5. The molecule has 17 heavy (non-hydrogen) atoms. The Morgan fingerprint density at radius 1 is 1.18 bits per heavy atom. The van der Waals surface area contributed by atoms with Gasteiger partial charge in [0.1, 0.15) is 5.82 Å². The molecule has 2 N–H and O–H groups in total. The van der Waals surface area contributed by atoms with Gasteiger partial charge in [0.15, 0.2) is 0 Å². The van der Waals surface area contributed by atoms with Crippen LogP contribution in [0.5, 0.6) is 0 Å². The molecule has 5 nitrogen and oxygen atoms in total. The molecule has 0 spiro atoms. The molecule has 0 amide bonds. The lowest BCUT2D eigenvalue weighted by molar-refractivity contribution is 0.792. The van der Waals surface area contributed by atoms with Crippen LogP contribution >= 0.6 is 0 Å². The highest BCUT2D eigenvalue weighted by atomic mass is 15.2. The van der Waals surface area contributed by atoms with Gasteiger partial charge in [0, 0.05) is 18.9 Å². The summed E-state index contributed by atoms with van der Waals surface area (Å²) in [6, 6.07) is 7.73. The summed E-state index contributed by atoms with van der Waals surface area (Å²) < 4.78 is 0. The van der Waals surface area contributed by atoms with E-state index in [2.05, 4.69) is 26.8 Å². The Kier molecular flexibility index (Phi) is 3.49. The number of nitrogen functional groups attached to an aromatic ring is 1. The maximum absolute atomic E-state index is 5.58. The van der Waals surface area contributed by atoms with Gasteiger partial charge < -0.3 is 10.6 Å². The van der Waals surface area contributed by atoms with Crippen molar-refractivity contribution in [1.29, 1.82) is 0 Å². The van der Waals surface area contributed by atoms with E-state index >= 15 is 0 Å². The summed E-state index contributed by atoms with van der Waals surface area (Å²) in [7, 11) is 0. The number of rotatable bonds is 4. The lowest BCUT2D eigenvalue weighted by Crippen LogP contribution is -2.24. The van der Waals surface area contributed by atoms with Gasteiger partial charge in [-0.15, -0.1) is 0 Å². The first-order chi connectivity index (χ1) is 8.29. The summed E-state index contributed by atoms with van der Waals surface area (Å²) in [5, 5.41) is 0. The second-order valence-electron chi connectivity index (χ2n) is 3.61. The van der Waals surface area contributed by atoms with Crippen LogP contribution in [-0.4, -0.2) is 21.5 Å². The van der Waals surface area contributed by atoms with Crippen LogP contribution in [-0.2, 0) is 6.54 Å². The molecule has 5 heteroatoms. The largest absolute Gasteiger partial charge is 0.368 e. The summed E-state index contributed by atoms with van der Waals surface area (Å²) in [6.45, 7) is 3.63. The standard InChI is InChI=1S/C12H15N5/c1-2-17(9-10-5-3-4-7-14-10)11-6-8-15-12(13)16-11/h3-8H,2,9H2,1H3,(H2,13,15,16). The van der Waals surface area contributed by atoms with E-state index in [0.29, 0.717) is 12.5 Å². The van der Waals surface area contributed by atoms with Crippen LogP contribution in [0.1, 0.15) is 12.6 Å². The lowest BCUT2D eigenvalue weighted by atomic mass is 10.3. The summed E-state index contributed by atoms with van der Waals surface area (Å²) >= 11 is 0. The molecule has 0 saturated carbocycles. The van der Waals surface area contributed by atoms with Gasteiger partial charge in [-0.2, -0.15) is 4.98 Å². The molecule has 0 atom stereocenters. The van der Waals surface area contributed by atoms with E-state index in [0.717, 1.165) is 18.1 Å². The minimum atomic E-state index is 0.293. The SMILES string of the molecule is CCN(Cc1ccccn1)c1ccnc(N)n1. The van der Waals surface area contributed by atoms with Gasteiger partial charge >= 0.3 is 0 Å². The van der Waals surface area contributed by atoms with Crippen molar-refractivity contribution in [3.05, 3.63) is 42.4 Å². The molecule has 0 bridgehead atoms. The Hall–Kier alpha value is -2.17. The average molecular weight is 229 g/mol. The number of aromatic nitrogens is 3. The highest BCUT2D eigenvalue weighted by Crippen LogP contribution is 2.13. The van der Waals surface area contributed by atoms with Crippen LogP contribution in [0.3, 0.4) is 0 Å². The van der Waals surface area contributed by atoms with E-state index in [-0.39, 0.29) is 0 Å². The maximum atomic E-state index is 5.58. The maximum Gasteiger partial charge on any atom is 0.221 e. The van der Waals surface area contributed by atoms with Crippen LogP contribution < -0.4 is 10.6 Å². The van der Waals surface area contributed by atoms with E-state index in [1.807, 2.05) is 24.3 Å². The topological polar surface area (TPSA) is 67.9 Å². The van der Waals surface area contributed by atoms with Gasteiger partial charge in [-0.3, -0.25) is 4.98 Å². The van der Waals surface area contributed by atoms with Gasteiger partial charge in [-0.05, 0) is 25.1 Å². The van der Waals surface area contributed by atoms with Gasteiger partial charge in [-0.25, -0.2) is 4.98 Å². The summed E-state index contributed by atoms with van der Waals surface area (Å²) in [4.78, 5) is 14.5. The van der Waals surface area contributed by atoms with Crippen molar-refractivity contribution >= 4 is 11.8 Å². The Morgan fingerprint density at radius 3 is 2.71 bits per heavy atom. The molecular weight excluding hydrogens is 214 g/mol. The molecule has 2 aromatic rings. The van der Waals surface area contributed by atoms with Crippen LogP contribution in [0.2, 0.25) is 0 Å². The van der Waals surface area contributed by atoms with Crippen LogP contribution in [0.25, 0.3) is 0 Å². The van der Waals surface area contributed by atoms with Crippen molar-refractivity contribution in [1.82, 2.24) is 15.0 Å². The Morgan fingerprint density at radius 2 is 2.06 bits per heavy atom. The van der Waals surface area contributed by atoms with E-state index in [1.165, 1.54) is 0 Å². The van der Waals surface area contributed by atoms with Crippen molar-refractivity contribution in [3.8, 4) is 0 Å². The summed E-state index contributed by atoms with van der Waals surface area (Å²) in [6.07, 6.45) is 3.45. The van der Waals surface area contributed by atoms with Crippen LogP contribution in [0, 0.1) is 0 Å². The van der Waals surface area contributed by atoms with Gasteiger partial charge in [0.2, 0.25) is 5.95 Å². The van der Waals surface area contributed by atoms with E-state index in [1.54, 1.807) is 12.4 Å². The molecule has 0 radical (unpaired) electrons. The molecule has 0 unspecified atom stereocenters. The predicted molar refractivity (Wildman–Crippen MR) is 67.4 cm³/mol. The van der Waals surface area contributed by atoms with Crippen LogP contribution in [0.15, 0.2) is 36.7 Å². The van der Waals surface area contributed by atoms with Crippen molar-refractivity contribution < 1.29 is 0 Å². The summed E-state index contributed by atoms with van der Waals surface area (Å²) in [5.74, 6) is 1.12.